The van der Waals surface area contributed by atoms with Crippen molar-refractivity contribution in [2.24, 2.45) is 5.41 Å². The molecule has 2 heteroatoms. The molecule has 0 rings (SSSR count). The second kappa shape index (κ2) is 3.22. The van der Waals surface area contributed by atoms with Crippen molar-refractivity contribution in [2.45, 2.75) is 20.8 Å². The second-order valence-electron chi connectivity index (χ2n) is 2.36. The standard InChI is InChI=1S/C5H9N.Pt/c1-5(2,3)4-6;/h1-3H3;. The van der Waals surface area contributed by atoms with Crippen LogP contribution in [-0.2, 0) is 21.1 Å². The number of hydrogen-bond acceptors (Lipinski definition) is 1. The van der Waals surface area contributed by atoms with Gasteiger partial charge in [-0.25, -0.2) is 0 Å². The third-order valence-corrected chi connectivity index (χ3v) is 0.335. The van der Waals surface area contributed by atoms with E-state index in [9.17, 15) is 0 Å². The Balaban J connectivity index is 0. The minimum absolute atomic E-state index is 0. The van der Waals surface area contributed by atoms with Crippen LogP contribution < -0.4 is 0 Å². The zero-order valence-corrected chi connectivity index (χ0v) is 7.04. The van der Waals surface area contributed by atoms with Crippen LogP contribution in [0.5, 0.6) is 0 Å². The molecular formula is C5H9NPt. The largest absolute Gasteiger partial charge is 0.198 e. The van der Waals surface area contributed by atoms with Gasteiger partial charge in [0.2, 0.25) is 0 Å². The van der Waals surface area contributed by atoms with Crippen molar-refractivity contribution < 1.29 is 21.1 Å². The van der Waals surface area contributed by atoms with Crippen LogP contribution in [0, 0.1) is 16.7 Å². The number of rotatable bonds is 0. The van der Waals surface area contributed by atoms with Crippen molar-refractivity contribution in [3.63, 3.8) is 0 Å². The second-order valence-corrected chi connectivity index (χ2v) is 2.36. The Bertz CT molecular complexity index is 75.1. The maximum absolute atomic E-state index is 8.15. The van der Waals surface area contributed by atoms with Gasteiger partial charge in [-0.15, -0.1) is 0 Å². The number of hydrogen-bond donors (Lipinski definition) is 0. The molecule has 0 unspecified atom stereocenters. The van der Waals surface area contributed by atoms with Crippen LogP contribution in [0.4, 0.5) is 0 Å². The van der Waals surface area contributed by atoms with Gasteiger partial charge in [0.05, 0.1) is 6.07 Å². The minimum Gasteiger partial charge on any atom is -0.198 e. The van der Waals surface area contributed by atoms with Gasteiger partial charge in [0.15, 0.2) is 0 Å². The summed E-state index contributed by atoms with van der Waals surface area (Å²) < 4.78 is 0. The Morgan fingerprint density at radius 3 is 1.43 bits per heavy atom. The molecule has 0 amide bonds. The van der Waals surface area contributed by atoms with Gasteiger partial charge >= 0.3 is 0 Å². The zero-order valence-electron chi connectivity index (χ0n) is 4.76. The summed E-state index contributed by atoms with van der Waals surface area (Å²) >= 11 is 0. The van der Waals surface area contributed by atoms with Crippen molar-refractivity contribution in [2.75, 3.05) is 0 Å². The maximum Gasteiger partial charge on any atom is 0.0680 e. The molecule has 0 aliphatic heterocycles. The monoisotopic (exact) mass is 278 g/mol. The fourth-order valence-electron chi connectivity index (χ4n) is 0. The van der Waals surface area contributed by atoms with Gasteiger partial charge in [-0.2, -0.15) is 5.26 Å². The molecule has 0 heterocycles. The van der Waals surface area contributed by atoms with Gasteiger partial charge in [-0.05, 0) is 20.8 Å². The molecule has 1 nitrogen and oxygen atoms in total. The summed E-state index contributed by atoms with van der Waals surface area (Å²) in [5.41, 5.74) is -0.153. The fraction of sp³-hybridized carbons (Fsp3) is 0.800. The first-order valence-corrected chi connectivity index (χ1v) is 1.97. The summed E-state index contributed by atoms with van der Waals surface area (Å²) in [5.74, 6) is 0. The van der Waals surface area contributed by atoms with E-state index in [0.29, 0.717) is 0 Å². The molecule has 0 radical (unpaired) electrons. The summed E-state index contributed by atoms with van der Waals surface area (Å²) in [6.45, 7) is 5.65. The summed E-state index contributed by atoms with van der Waals surface area (Å²) in [5, 5.41) is 8.15. The quantitative estimate of drug-likeness (QED) is 0.659. The molecule has 0 atom stereocenters. The Morgan fingerprint density at radius 2 is 1.43 bits per heavy atom. The van der Waals surface area contributed by atoms with Crippen LogP contribution in [0.3, 0.4) is 0 Å². The molecule has 0 aliphatic carbocycles. The predicted octanol–water partition coefficient (Wildman–Crippen LogP) is 1.55. The normalized spacial score (nSPS) is 8.86. The van der Waals surface area contributed by atoms with Gasteiger partial charge in [-0.3, -0.25) is 0 Å². The van der Waals surface area contributed by atoms with Crippen LogP contribution in [-0.4, -0.2) is 0 Å². The van der Waals surface area contributed by atoms with Crippen LogP contribution >= 0.6 is 0 Å². The van der Waals surface area contributed by atoms with Crippen LogP contribution in [0.15, 0.2) is 0 Å². The fourth-order valence-corrected chi connectivity index (χ4v) is 0. The number of nitrogens with zero attached hydrogens (tertiary/aromatic N) is 1. The molecule has 0 aliphatic rings. The van der Waals surface area contributed by atoms with E-state index in [1.165, 1.54) is 0 Å². The first kappa shape index (κ1) is 10.2. The van der Waals surface area contributed by atoms with E-state index in [4.69, 9.17) is 5.26 Å². The molecule has 0 aromatic rings. The van der Waals surface area contributed by atoms with Crippen molar-refractivity contribution in [3.8, 4) is 6.07 Å². The van der Waals surface area contributed by atoms with E-state index < -0.39 is 0 Å². The Labute approximate surface area is 59.0 Å². The van der Waals surface area contributed by atoms with E-state index in [0.717, 1.165) is 0 Å². The van der Waals surface area contributed by atoms with Crippen molar-refractivity contribution >= 4 is 0 Å². The van der Waals surface area contributed by atoms with E-state index >= 15 is 0 Å². The van der Waals surface area contributed by atoms with Crippen molar-refractivity contribution in [1.29, 1.82) is 5.26 Å². The molecule has 0 bridgehead atoms. The van der Waals surface area contributed by atoms with Crippen LogP contribution in [0.1, 0.15) is 20.8 Å². The Morgan fingerprint density at radius 1 is 1.29 bits per heavy atom. The molecule has 0 fully saturated rings. The first-order valence-electron chi connectivity index (χ1n) is 1.97. The van der Waals surface area contributed by atoms with Gasteiger partial charge in [0.1, 0.15) is 0 Å². The molecule has 0 aromatic carbocycles. The number of nitriles is 1. The van der Waals surface area contributed by atoms with Crippen molar-refractivity contribution in [3.05, 3.63) is 0 Å². The third kappa shape index (κ3) is 10.7. The van der Waals surface area contributed by atoms with Gasteiger partial charge in [0.25, 0.3) is 0 Å². The molecule has 0 aromatic heterocycles. The van der Waals surface area contributed by atoms with E-state index in [1.54, 1.807) is 0 Å². The summed E-state index contributed by atoms with van der Waals surface area (Å²) in [7, 11) is 0. The summed E-state index contributed by atoms with van der Waals surface area (Å²) in [6, 6.07) is 2.10. The van der Waals surface area contributed by atoms with E-state index in [1.807, 2.05) is 20.8 Å². The third-order valence-electron chi connectivity index (χ3n) is 0.335. The SMILES string of the molecule is CC(C)(C)C#N.[Pt]. The first-order chi connectivity index (χ1) is 2.56. The predicted molar refractivity (Wildman–Crippen MR) is 25.1 cm³/mol. The minimum atomic E-state index is -0.153. The average Bonchev–Trinajstić information content (AvgIpc) is 1.35. The molecule has 7 heavy (non-hydrogen) atoms. The Hall–Kier alpha value is 0.178. The van der Waals surface area contributed by atoms with Gasteiger partial charge in [-0.1, -0.05) is 0 Å². The van der Waals surface area contributed by atoms with Crippen molar-refractivity contribution in [1.82, 2.24) is 0 Å². The average molecular weight is 278 g/mol. The maximum atomic E-state index is 8.15. The Kier molecular flexibility index (Phi) is 4.69. The van der Waals surface area contributed by atoms with E-state index in [2.05, 4.69) is 6.07 Å². The molecule has 0 N–H and O–H groups in total. The van der Waals surface area contributed by atoms with Gasteiger partial charge in [0, 0.05) is 26.5 Å². The summed E-state index contributed by atoms with van der Waals surface area (Å²) in [6.07, 6.45) is 0. The topological polar surface area (TPSA) is 23.8 Å². The van der Waals surface area contributed by atoms with Gasteiger partial charge < -0.3 is 0 Å². The molecule has 0 saturated carbocycles. The smallest absolute Gasteiger partial charge is 0.0680 e. The van der Waals surface area contributed by atoms with Crippen LogP contribution in [0.2, 0.25) is 0 Å². The summed E-state index contributed by atoms with van der Waals surface area (Å²) in [4.78, 5) is 0. The molecule has 0 saturated heterocycles. The zero-order chi connectivity index (χ0) is 5.21. The molecule has 44 valence electrons. The molecular weight excluding hydrogens is 269 g/mol. The van der Waals surface area contributed by atoms with E-state index in [-0.39, 0.29) is 26.5 Å². The van der Waals surface area contributed by atoms with Crippen LogP contribution in [0.25, 0.3) is 0 Å². The molecule has 0 spiro atoms.